The number of hydrogen-bond acceptors (Lipinski definition) is 3. The van der Waals surface area contributed by atoms with Crippen LogP contribution >= 0.6 is 0 Å². The first-order valence-electron chi connectivity index (χ1n) is 5.28. The Morgan fingerprint density at radius 2 is 1.84 bits per heavy atom. The number of carbonyl (C=O) groups is 2. The molecule has 0 saturated carbocycles. The number of carbonyl (C=O) groups excluding carboxylic acids is 2. The summed E-state index contributed by atoms with van der Waals surface area (Å²) in [5, 5.41) is 6.36. The molecule has 0 aliphatic heterocycles. The van der Waals surface area contributed by atoms with Gasteiger partial charge in [0.05, 0.1) is 5.69 Å². The van der Waals surface area contributed by atoms with E-state index in [4.69, 9.17) is 0 Å². The van der Waals surface area contributed by atoms with Crippen molar-refractivity contribution in [3.63, 3.8) is 0 Å². The van der Waals surface area contributed by atoms with E-state index in [1.807, 2.05) is 5.32 Å². The lowest BCUT2D eigenvalue weighted by Gasteiger charge is -2.15. The van der Waals surface area contributed by atoms with Crippen LogP contribution in [0.1, 0.15) is 6.92 Å². The Balaban J connectivity index is 2.79. The van der Waals surface area contributed by atoms with Gasteiger partial charge in [0.2, 0.25) is 5.91 Å². The van der Waals surface area contributed by atoms with Gasteiger partial charge in [0.1, 0.15) is 11.9 Å². The van der Waals surface area contributed by atoms with Gasteiger partial charge in [-0.3, -0.25) is 10.1 Å². The molecule has 3 amide bonds. The molecule has 1 rings (SSSR count). The van der Waals surface area contributed by atoms with E-state index in [9.17, 15) is 22.8 Å². The van der Waals surface area contributed by atoms with Crippen LogP contribution in [0.2, 0.25) is 0 Å². The molecule has 0 heterocycles. The van der Waals surface area contributed by atoms with E-state index in [1.165, 1.54) is 14.0 Å². The fraction of sp³-hybridized carbons (Fsp3) is 0.273. The van der Waals surface area contributed by atoms with Gasteiger partial charge in [-0.25, -0.2) is 18.0 Å². The average molecular weight is 275 g/mol. The van der Waals surface area contributed by atoms with E-state index in [1.54, 1.807) is 0 Å². The van der Waals surface area contributed by atoms with Gasteiger partial charge in [-0.2, -0.15) is 0 Å². The van der Waals surface area contributed by atoms with Crippen molar-refractivity contribution in [2.75, 3.05) is 12.4 Å². The summed E-state index contributed by atoms with van der Waals surface area (Å²) in [6.45, 7) is 1.31. The highest BCUT2D eigenvalue weighted by molar-refractivity contribution is 5.97. The Morgan fingerprint density at radius 1 is 1.21 bits per heavy atom. The number of halogens is 3. The van der Waals surface area contributed by atoms with Crippen molar-refractivity contribution in [3.8, 4) is 0 Å². The number of hydrogen-bond donors (Lipinski definition) is 3. The van der Waals surface area contributed by atoms with Gasteiger partial charge < -0.3 is 10.6 Å². The minimum Gasteiger partial charge on any atom is -0.371 e. The molecule has 0 saturated heterocycles. The van der Waals surface area contributed by atoms with Crippen molar-refractivity contribution in [2.24, 2.45) is 0 Å². The molecule has 0 aliphatic carbocycles. The van der Waals surface area contributed by atoms with Crippen LogP contribution in [0.15, 0.2) is 12.1 Å². The lowest BCUT2D eigenvalue weighted by Crippen LogP contribution is -2.44. The fourth-order valence-corrected chi connectivity index (χ4v) is 1.24. The molecule has 1 aromatic rings. The molecule has 1 aromatic carbocycles. The number of anilines is 1. The summed E-state index contributed by atoms with van der Waals surface area (Å²) >= 11 is 0. The monoisotopic (exact) mass is 275 g/mol. The highest BCUT2D eigenvalue weighted by Gasteiger charge is 2.18. The standard InChI is InChI=1S/C11H12F3N3O2/c1-5(10(18)17-11(19)15-2)16-8-4-6(12)3-7(13)9(8)14/h3-5,16H,1-2H3,(H2,15,17,18,19). The third-order valence-electron chi connectivity index (χ3n) is 2.22. The highest BCUT2D eigenvalue weighted by Crippen LogP contribution is 2.19. The van der Waals surface area contributed by atoms with Crippen molar-refractivity contribution in [1.82, 2.24) is 10.6 Å². The number of imide groups is 1. The molecular weight excluding hydrogens is 263 g/mol. The molecule has 0 radical (unpaired) electrons. The topological polar surface area (TPSA) is 70.2 Å². The molecule has 1 unspecified atom stereocenters. The molecular formula is C11H12F3N3O2. The van der Waals surface area contributed by atoms with Gasteiger partial charge in [0.15, 0.2) is 11.6 Å². The zero-order valence-corrected chi connectivity index (χ0v) is 10.2. The molecule has 1 atom stereocenters. The quantitative estimate of drug-likeness (QED) is 0.729. The van der Waals surface area contributed by atoms with Gasteiger partial charge in [-0.05, 0) is 6.92 Å². The summed E-state index contributed by atoms with van der Waals surface area (Å²) < 4.78 is 39.2. The smallest absolute Gasteiger partial charge is 0.321 e. The molecule has 0 spiro atoms. The van der Waals surface area contributed by atoms with E-state index in [0.717, 1.165) is 0 Å². The predicted octanol–water partition coefficient (Wildman–Crippen LogP) is 1.36. The van der Waals surface area contributed by atoms with Gasteiger partial charge >= 0.3 is 6.03 Å². The van der Waals surface area contributed by atoms with Crippen LogP contribution in [-0.4, -0.2) is 25.0 Å². The number of nitrogens with one attached hydrogen (secondary N) is 3. The largest absolute Gasteiger partial charge is 0.371 e. The van der Waals surface area contributed by atoms with Gasteiger partial charge in [-0.15, -0.1) is 0 Å². The van der Waals surface area contributed by atoms with Crippen LogP contribution in [0, 0.1) is 17.5 Å². The van der Waals surface area contributed by atoms with Crippen molar-refractivity contribution in [3.05, 3.63) is 29.6 Å². The Bertz CT molecular complexity index is 508. The van der Waals surface area contributed by atoms with Crippen LogP contribution in [0.25, 0.3) is 0 Å². The highest BCUT2D eigenvalue weighted by atomic mass is 19.2. The number of amides is 3. The first-order valence-corrected chi connectivity index (χ1v) is 5.28. The zero-order valence-electron chi connectivity index (χ0n) is 10.2. The maximum absolute atomic E-state index is 13.3. The Labute approximate surface area is 107 Å². The molecule has 0 bridgehead atoms. The summed E-state index contributed by atoms with van der Waals surface area (Å²) in [5.41, 5.74) is -0.503. The maximum atomic E-state index is 13.3. The van der Waals surface area contributed by atoms with E-state index in [2.05, 4.69) is 10.6 Å². The molecule has 0 aliphatic rings. The Morgan fingerprint density at radius 3 is 2.42 bits per heavy atom. The summed E-state index contributed by atoms with van der Waals surface area (Å²) in [7, 11) is 1.31. The zero-order chi connectivity index (χ0) is 14.6. The molecule has 0 fully saturated rings. The van der Waals surface area contributed by atoms with Crippen molar-refractivity contribution in [1.29, 1.82) is 0 Å². The van der Waals surface area contributed by atoms with E-state index < -0.39 is 41.1 Å². The number of benzene rings is 1. The summed E-state index contributed by atoms with van der Waals surface area (Å²) in [6, 6.07) is -0.713. The van der Waals surface area contributed by atoms with E-state index in [-0.39, 0.29) is 0 Å². The van der Waals surface area contributed by atoms with Crippen molar-refractivity contribution in [2.45, 2.75) is 13.0 Å². The minimum atomic E-state index is -1.37. The first kappa shape index (κ1) is 14.8. The van der Waals surface area contributed by atoms with E-state index in [0.29, 0.717) is 12.1 Å². The summed E-state index contributed by atoms with van der Waals surface area (Å²) in [4.78, 5) is 22.3. The SMILES string of the molecule is CNC(=O)NC(=O)C(C)Nc1cc(F)cc(F)c1F. The van der Waals surface area contributed by atoms with Crippen LogP contribution < -0.4 is 16.0 Å². The molecule has 19 heavy (non-hydrogen) atoms. The van der Waals surface area contributed by atoms with Crippen molar-refractivity contribution < 1.29 is 22.8 Å². The maximum Gasteiger partial charge on any atom is 0.321 e. The number of urea groups is 1. The van der Waals surface area contributed by atoms with E-state index >= 15 is 0 Å². The van der Waals surface area contributed by atoms with Crippen LogP contribution in [0.5, 0.6) is 0 Å². The fourth-order valence-electron chi connectivity index (χ4n) is 1.24. The second-order valence-corrected chi connectivity index (χ2v) is 3.68. The third kappa shape index (κ3) is 3.87. The second kappa shape index (κ2) is 6.07. The van der Waals surface area contributed by atoms with Crippen LogP contribution in [0.3, 0.4) is 0 Å². The predicted molar refractivity (Wildman–Crippen MR) is 62.0 cm³/mol. The lowest BCUT2D eigenvalue weighted by molar-refractivity contribution is -0.120. The van der Waals surface area contributed by atoms with Crippen LogP contribution in [0.4, 0.5) is 23.7 Å². The molecule has 3 N–H and O–H groups in total. The lowest BCUT2D eigenvalue weighted by atomic mass is 10.2. The molecule has 104 valence electrons. The third-order valence-corrected chi connectivity index (χ3v) is 2.22. The molecule has 8 heteroatoms. The first-order chi connectivity index (χ1) is 8.85. The Kier molecular flexibility index (Phi) is 4.74. The molecule has 5 nitrogen and oxygen atoms in total. The average Bonchev–Trinajstić information content (AvgIpc) is 2.34. The second-order valence-electron chi connectivity index (χ2n) is 3.68. The normalized spacial score (nSPS) is 11.6. The van der Waals surface area contributed by atoms with Crippen molar-refractivity contribution >= 4 is 17.6 Å². The Hall–Kier alpha value is -2.25. The van der Waals surface area contributed by atoms with Gasteiger partial charge in [-0.1, -0.05) is 0 Å². The minimum absolute atomic E-state index is 0.385. The molecule has 0 aromatic heterocycles. The number of rotatable bonds is 3. The summed E-state index contributed by atoms with van der Waals surface area (Å²) in [6.07, 6.45) is 0. The van der Waals surface area contributed by atoms with Crippen LogP contribution in [-0.2, 0) is 4.79 Å². The van der Waals surface area contributed by atoms with Gasteiger partial charge in [0.25, 0.3) is 0 Å². The summed E-state index contributed by atoms with van der Waals surface area (Å²) in [5.74, 6) is -4.44. The van der Waals surface area contributed by atoms with Gasteiger partial charge in [0, 0.05) is 19.2 Å².